The Morgan fingerprint density at radius 2 is 1.95 bits per heavy atom. The second-order valence-electron chi connectivity index (χ2n) is 4.26. The lowest BCUT2D eigenvalue weighted by molar-refractivity contribution is 0.0930. The molecule has 0 saturated heterocycles. The third-order valence-electron chi connectivity index (χ3n) is 2.88. The van der Waals surface area contributed by atoms with Crippen LogP contribution in [-0.2, 0) is 9.84 Å². The smallest absolute Gasteiger partial charge is 0.267 e. The SMILES string of the molecule is O=C1c2cc(Cl)ccc2OC1S(=O)(=O)c1ccc(=O)[nH]n1. The standard InChI is InChI=1S/C12H7ClN2O5S/c13-6-1-2-8-7(5-6)11(17)12(20-8)21(18,19)10-4-3-9(16)14-15-10/h1-5,12H,(H,14,16). The van der Waals surface area contributed by atoms with Gasteiger partial charge < -0.3 is 4.74 Å². The first-order valence-electron chi connectivity index (χ1n) is 5.69. The molecule has 1 aromatic heterocycles. The molecule has 1 unspecified atom stereocenters. The Bertz CT molecular complexity index is 886. The molecular formula is C12H7ClN2O5S. The van der Waals surface area contributed by atoms with Crippen molar-refractivity contribution in [1.82, 2.24) is 10.2 Å². The highest BCUT2D eigenvalue weighted by Gasteiger charge is 2.44. The summed E-state index contributed by atoms with van der Waals surface area (Å²) in [5.41, 5.74) is -2.19. The molecule has 2 heterocycles. The minimum absolute atomic E-state index is 0.0977. The van der Waals surface area contributed by atoms with Gasteiger partial charge in [0.15, 0.2) is 5.03 Å². The number of benzene rings is 1. The van der Waals surface area contributed by atoms with Gasteiger partial charge in [-0.1, -0.05) is 11.6 Å². The molecule has 21 heavy (non-hydrogen) atoms. The van der Waals surface area contributed by atoms with E-state index in [2.05, 4.69) is 5.10 Å². The minimum atomic E-state index is -4.18. The van der Waals surface area contributed by atoms with Gasteiger partial charge in [0.2, 0.25) is 15.6 Å². The molecule has 1 N–H and O–H groups in total. The highest BCUT2D eigenvalue weighted by Crippen LogP contribution is 2.34. The predicted octanol–water partition coefficient (Wildman–Crippen LogP) is 0.798. The lowest BCUT2D eigenvalue weighted by Gasteiger charge is -2.09. The van der Waals surface area contributed by atoms with Crippen LogP contribution >= 0.6 is 11.6 Å². The van der Waals surface area contributed by atoms with E-state index >= 15 is 0 Å². The van der Waals surface area contributed by atoms with E-state index in [0.29, 0.717) is 5.02 Å². The molecule has 7 nitrogen and oxygen atoms in total. The lowest BCUT2D eigenvalue weighted by Crippen LogP contribution is -2.32. The second-order valence-corrected chi connectivity index (χ2v) is 6.63. The van der Waals surface area contributed by atoms with Gasteiger partial charge in [0, 0.05) is 11.1 Å². The summed E-state index contributed by atoms with van der Waals surface area (Å²) in [5, 5.41) is 5.28. The number of carbonyl (C=O) groups is 1. The summed E-state index contributed by atoms with van der Waals surface area (Å²) >= 11 is 5.78. The van der Waals surface area contributed by atoms with Crippen LogP contribution in [0.15, 0.2) is 40.2 Å². The fourth-order valence-electron chi connectivity index (χ4n) is 1.90. The highest BCUT2D eigenvalue weighted by atomic mass is 35.5. The van der Waals surface area contributed by atoms with Crippen molar-refractivity contribution in [3.63, 3.8) is 0 Å². The van der Waals surface area contributed by atoms with Crippen LogP contribution in [0.1, 0.15) is 10.4 Å². The van der Waals surface area contributed by atoms with Crippen LogP contribution in [-0.4, -0.2) is 29.8 Å². The third kappa shape index (κ3) is 2.22. The summed E-state index contributed by atoms with van der Waals surface area (Å²) < 4.78 is 29.9. The number of nitrogens with zero attached hydrogens (tertiary/aromatic N) is 1. The van der Waals surface area contributed by atoms with E-state index < -0.39 is 31.6 Å². The number of nitrogens with one attached hydrogen (secondary N) is 1. The molecule has 0 amide bonds. The summed E-state index contributed by atoms with van der Waals surface area (Å²) in [5.74, 6) is -0.581. The van der Waals surface area contributed by atoms with Crippen molar-refractivity contribution in [2.45, 2.75) is 10.5 Å². The predicted molar refractivity (Wildman–Crippen MR) is 72.2 cm³/mol. The molecule has 0 fully saturated rings. The van der Waals surface area contributed by atoms with E-state index in [1.165, 1.54) is 18.2 Å². The first kappa shape index (κ1) is 13.8. The first-order valence-corrected chi connectivity index (χ1v) is 7.62. The summed E-state index contributed by atoms with van der Waals surface area (Å²) in [6, 6.07) is 6.27. The number of ether oxygens (including phenoxy) is 1. The fourth-order valence-corrected chi connectivity index (χ4v) is 3.36. The molecule has 0 spiro atoms. The number of Topliss-reactive ketones (excluding diaryl/α,β-unsaturated/α-hetero) is 1. The maximum atomic E-state index is 12.3. The van der Waals surface area contributed by atoms with Crippen LogP contribution in [0.5, 0.6) is 5.75 Å². The normalized spacial score (nSPS) is 17.4. The van der Waals surface area contributed by atoms with Crippen molar-refractivity contribution >= 4 is 27.2 Å². The van der Waals surface area contributed by atoms with Crippen LogP contribution in [0.3, 0.4) is 0 Å². The number of halogens is 1. The number of aromatic amines is 1. The number of aromatic nitrogens is 2. The van der Waals surface area contributed by atoms with E-state index in [-0.39, 0.29) is 11.3 Å². The Morgan fingerprint density at radius 1 is 1.19 bits per heavy atom. The number of carbonyl (C=O) groups excluding carboxylic acids is 1. The quantitative estimate of drug-likeness (QED) is 0.874. The largest absolute Gasteiger partial charge is 0.465 e. The molecule has 0 bridgehead atoms. The Morgan fingerprint density at radius 3 is 2.62 bits per heavy atom. The summed E-state index contributed by atoms with van der Waals surface area (Å²) in [7, 11) is -4.18. The molecular weight excluding hydrogens is 320 g/mol. The average Bonchev–Trinajstić information content (AvgIpc) is 2.77. The van der Waals surface area contributed by atoms with Crippen molar-refractivity contribution in [2.24, 2.45) is 0 Å². The third-order valence-corrected chi connectivity index (χ3v) is 4.80. The van der Waals surface area contributed by atoms with E-state index in [9.17, 15) is 18.0 Å². The maximum absolute atomic E-state index is 12.3. The Labute approximate surface area is 123 Å². The van der Waals surface area contributed by atoms with Gasteiger partial charge in [0.25, 0.3) is 11.0 Å². The van der Waals surface area contributed by atoms with Crippen molar-refractivity contribution in [3.05, 3.63) is 51.3 Å². The zero-order valence-electron chi connectivity index (χ0n) is 10.2. The van der Waals surface area contributed by atoms with Gasteiger partial charge in [0.1, 0.15) is 5.75 Å². The van der Waals surface area contributed by atoms with Gasteiger partial charge in [-0.2, -0.15) is 5.10 Å². The topological polar surface area (TPSA) is 106 Å². The average molecular weight is 327 g/mol. The number of ketones is 1. The maximum Gasteiger partial charge on any atom is 0.267 e. The summed E-state index contributed by atoms with van der Waals surface area (Å²) in [6.45, 7) is 0. The highest BCUT2D eigenvalue weighted by molar-refractivity contribution is 7.92. The molecule has 1 aliphatic rings. The molecule has 0 radical (unpaired) electrons. The van der Waals surface area contributed by atoms with E-state index in [1.54, 1.807) is 0 Å². The molecule has 2 aromatic rings. The molecule has 108 valence electrons. The summed E-state index contributed by atoms with van der Waals surface area (Å²) in [6.07, 6.45) is 0. The number of hydrogen-bond acceptors (Lipinski definition) is 6. The molecule has 1 aromatic carbocycles. The Hall–Kier alpha value is -2.19. The van der Waals surface area contributed by atoms with Crippen molar-refractivity contribution in [3.8, 4) is 5.75 Å². The van der Waals surface area contributed by atoms with Crippen LogP contribution in [0.2, 0.25) is 5.02 Å². The van der Waals surface area contributed by atoms with Crippen molar-refractivity contribution in [2.75, 3.05) is 0 Å². The first-order chi connectivity index (χ1) is 9.89. The van der Waals surface area contributed by atoms with E-state index in [4.69, 9.17) is 16.3 Å². The van der Waals surface area contributed by atoms with Gasteiger partial charge in [-0.05, 0) is 24.3 Å². The van der Waals surface area contributed by atoms with Crippen LogP contribution in [0.4, 0.5) is 0 Å². The van der Waals surface area contributed by atoms with Gasteiger partial charge in [-0.3, -0.25) is 9.59 Å². The molecule has 1 aliphatic heterocycles. The number of fused-ring (bicyclic) bond motifs is 1. The minimum Gasteiger partial charge on any atom is -0.465 e. The molecule has 0 saturated carbocycles. The molecule has 9 heteroatoms. The Kier molecular flexibility index (Phi) is 3.07. The number of H-pyrrole nitrogens is 1. The van der Waals surface area contributed by atoms with Gasteiger partial charge in [-0.25, -0.2) is 13.5 Å². The number of sulfone groups is 1. The van der Waals surface area contributed by atoms with Crippen LogP contribution in [0.25, 0.3) is 0 Å². The molecule has 3 rings (SSSR count). The Balaban J connectivity index is 2.04. The lowest BCUT2D eigenvalue weighted by atomic mass is 10.1. The van der Waals surface area contributed by atoms with Crippen LogP contribution < -0.4 is 10.3 Å². The molecule has 0 aliphatic carbocycles. The number of rotatable bonds is 2. The zero-order valence-corrected chi connectivity index (χ0v) is 11.8. The van der Waals surface area contributed by atoms with Crippen molar-refractivity contribution in [1.29, 1.82) is 0 Å². The van der Waals surface area contributed by atoms with Gasteiger partial charge in [0.05, 0.1) is 5.56 Å². The van der Waals surface area contributed by atoms with E-state index in [1.807, 2.05) is 5.10 Å². The van der Waals surface area contributed by atoms with Gasteiger partial charge >= 0.3 is 0 Å². The number of hydrogen-bond donors (Lipinski definition) is 1. The summed E-state index contributed by atoms with van der Waals surface area (Å²) in [4.78, 5) is 23.1. The second kappa shape index (κ2) is 4.68. The van der Waals surface area contributed by atoms with Crippen LogP contribution in [0, 0.1) is 0 Å². The molecule has 1 atom stereocenters. The van der Waals surface area contributed by atoms with E-state index in [0.717, 1.165) is 12.1 Å². The van der Waals surface area contributed by atoms with Crippen molar-refractivity contribution < 1.29 is 17.9 Å². The fraction of sp³-hybridized carbons (Fsp3) is 0.0833. The zero-order chi connectivity index (χ0) is 15.2. The monoisotopic (exact) mass is 326 g/mol. The van der Waals surface area contributed by atoms with Gasteiger partial charge in [-0.15, -0.1) is 0 Å².